The van der Waals surface area contributed by atoms with Gasteiger partial charge in [-0.15, -0.1) is 0 Å². The monoisotopic (exact) mass is 498 g/mol. The zero-order valence-corrected chi connectivity index (χ0v) is 22.4. The number of carbonyl (C=O) groups is 1. The van der Waals surface area contributed by atoms with Gasteiger partial charge >= 0.3 is 0 Å². The molecular weight excluding hydrogens is 464 g/mol. The van der Waals surface area contributed by atoms with Gasteiger partial charge in [-0.25, -0.2) is 9.67 Å². The van der Waals surface area contributed by atoms with Gasteiger partial charge in [0.25, 0.3) is 0 Å². The molecule has 4 aromatic rings. The van der Waals surface area contributed by atoms with Crippen molar-refractivity contribution in [3.63, 3.8) is 0 Å². The van der Waals surface area contributed by atoms with Crippen molar-refractivity contribution in [1.82, 2.24) is 20.1 Å². The first kappa shape index (κ1) is 24.8. The van der Waals surface area contributed by atoms with Crippen molar-refractivity contribution in [2.24, 2.45) is 0 Å². The molecule has 7 heteroatoms. The van der Waals surface area contributed by atoms with Crippen LogP contribution in [-0.2, 0) is 11.2 Å². The number of rotatable bonds is 6. The Morgan fingerprint density at radius 2 is 1.73 bits per heavy atom. The van der Waals surface area contributed by atoms with Gasteiger partial charge in [0.15, 0.2) is 17.1 Å². The lowest BCUT2D eigenvalue weighted by Crippen LogP contribution is -2.27. The summed E-state index contributed by atoms with van der Waals surface area (Å²) in [6.45, 7) is 13.5. The van der Waals surface area contributed by atoms with Crippen LogP contribution in [0, 0.1) is 34.6 Å². The van der Waals surface area contributed by atoms with E-state index in [2.05, 4.69) is 44.3 Å². The molecule has 0 spiro atoms. The Morgan fingerprint density at radius 1 is 0.973 bits per heavy atom. The zero-order valence-electron chi connectivity index (χ0n) is 22.4. The van der Waals surface area contributed by atoms with Crippen LogP contribution in [0.3, 0.4) is 0 Å². The molecule has 7 nitrogen and oxygen atoms in total. The number of aromatic nitrogens is 3. The van der Waals surface area contributed by atoms with Crippen molar-refractivity contribution in [2.45, 2.75) is 60.4 Å². The molecule has 2 aromatic heterocycles. The number of aryl methyl sites for hydroxylation is 5. The van der Waals surface area contributed by atoms with Gasteiger partial charge < -0.3 is 14.8 Å². The summed E-state index contributed by atoms with van der Waals surface area (Å²) in [5.41, 5.74) is 9.45. The summed E-state index contributed by atoms with van der Waals surface area (Å²) in [4.78, 5) is 17.8. The fourth-order valence-electron chi connectivity index (χ4n) is 5.08. The van der Waals surface area contributed by atoms with Crippen LogP contribution in [0.2, 0.25) is 0 Å². The first-order valence-electron chi connectivity index (χ1n) is 12.8. The van der Waals surface area contributed by atoms with Gasteiger partial charge in [-0.3, -0.25) is 4.79 Å². The first-order chi connectivity index (χ1) is 17.7. The fraction of sp³-hybridized carbons (Fsp3) is 0.367. The smallest absolute Gasteiger partial charge is 0.220 e. The third-order valence-electron chi connectivity index (χ3n) is 7.35. The normalized spacial score (nSPS) is 13.6. The van der Waals surface area contributed by atoms with Crippen LogP contribution in [0.15, 0.2) is 36.4 Å². The Balaban J connectivity index is 1.33. The molecule has 1 N–H and O–H groups in total. The second kappa shape index (κ2) is 9.88. The largest absolute Gasteiger partial charge is 0.486 e. The maximum Gasteiger partial charge on any atom is 0.220 e. The molecule has 1 aliphatic heterocycles. The number of pyridine rings is 1. The van der Waals surface area contributed by atoms with Crippen molar-refractivity contribution < 1.29 is 14.3 Å². The minimum absolute atomic E-state index is 0.00355. The summed E-state index contributed by atoms with van der Waals surface area (Å²) in [5.74, 6) is 1.48. The lowest BCUT2D eigenvalue weighted by Gasteiger charge is -2.21. The number of hydrogen-bond acceptors (Lipinski definition) is 5. The molecule has 1 amide bonds. The van der Waals surface area contributed by atoms with Gasteiger partial charge in [0.1, 0.15) is 13.2 Å². The number of nitrogens with zero attached hydrogens (tertiary/aromatic N) is 3. The molecule has 5 rings (SSSR count). The van der Waals surface area contributed by atoms with Gasteiger partial charge in [-0.1, -0.05) is 12.1 Å². The van der Waals surface area contributed by atoms with Gasteiger partial charge in [-0.05, 0) is 100 Å². The molecule has 0 unspecified atom stereocenters. The topological polar surface area (TPSA) is 78.3 Å². The quantitative estimate of drug-likeness (QED) is 0.377. The molecule has 0 radical (unpaired) electrons. The molecule has 3 heterocycles. The van der Waals surface area contributed by atoms with Gasteiger partial charge in [0, 0.05) is 17.5 Å². The highest BCUT2D eigenvalue weighted by molar-refractivity contribution is 5.85. The van der Waals surface area contributed by atoms with E-state index in [1.54, 1.807) is 0 Å². The molecule has 192 valence electrons. The maximum atomic E-state index is 12.9. The number of carbonyl (C=O) groups excluding carboxylic acids is 1. The van der Waals surface area contributed by atoms with E-state index in [9.17, 15) is 4.79 Å². The van der Waals surface area contributed by atoms with Crippen LogP contribution in [0.4, 0.5) is 0 Å². The Bertz CT molecular complexity index is 1500. The number of hydrogen-bond donors (Lipinski definition) is 1. The van der Waals surface area contributed by atoms with E-state index < -0.39 is 0 Å². The van der Waals surface area contributed by atoms with Crippen molar-refractivity contribution in [3.05, 3.63) is 75.6 Å². The van der Waals surface area contributed by atoms with Crippen LogP contribution in [0.5, 0.6) is 11.5 Å². The van der Waals surface area contributed by atoms with Crippen LogP contribution >= 0.6 is 0 Å². The Morgan fingerprint density at radius 3 is 2.49 bits per heavy atom. The van der Waals surface area contributed by atoms with Crippen molar-refractivity contribution >= 4 is 16.9 Å². The summed E-state index contributed by atoms with van der Waals surface area (Å²) in [6.07, 6.45) is 1.00. The summed E-state index contributed by atoms with van der Waals surface area (Å²) in [7, 11) is 0. The van der Waals surface area contributed by atoms with Gasteiger partial charge in [0.05, 0.1) is 17.4 Å². The highest BCUT2D eigenvalue weighted by atomic mass is 16.6. The molecule has 0 bridgehead atoms. The highest BCUT2D eigenvalue weighted by Gasteiger charge is 2.20. The summed E-state index contributed by atoms with van der Waals surface area (Å²) < 4.78 is 13.2. The predicted octanol–water partition coefficient (Wildman–Crippen LogP) is 5.54. The van der Waals surface area contributed by atoms with E-state index >= 15 is 0 Å². The molecule has 37 heavy (non-hydrogen) atoms. The molecule has 2 aromatic carbocycles. The Hall–Kier alpha value is -3.87. The maximum absolute atomic E-state index is 12.9. The van der Waals surface area contributed by atoms with E-state index in [-0.39, 0.29) is 11.9 Å². The molecule has 1 atom stereocenters. The minimum Gasteiger partial charge on any atom is -0.486 e. The van der Waals surface area contributed by atoms with Crippen molar-refractivity contribution in [1.29, 1.82) is 0 Å². The first-order valence-corrected chi connectivity index (χ1v) is 12.8. The predicted molar refractivity (Wildman–Crippen MR) is 145 cm³/mol. The van der Waals surface area contributed by atoms with Crippen molar-refractivity contribution in [3.8, 4) is 17.2 Å². The average Bonchev–Trinajstić information content (AvgIpc) is 3.21. The molecule has 0 saturated heterocycles. The Kier molecular flexibility index (Phi) is 6.63. The van der Waals surface area contributed by atoms with E-state index in [4.69, 9.17) is 19.6 Å². The minimum atomic E-state index is -0.135. The molecule has 0 fully saturated rings. The van der Waals surface area contributed by atoms with Gasteiger partial charge in [-0.2, -0.15) is 5.10 Å². The number of amides is 1. The standard InChI is InChI=1S/C30H34N4O3/c1-17-7-9-24(15-18(17)2)34-30-29(22(6)33-34)19(3)25(21(5)32-30)10-12-28(35)31-20(4)23-8-11-26-27(16-23)37-14-13-36-26/h7-9,11,15-16,20H,10,12-14H2,1-6H3,(H,31,35)/t20-/m1/s1. The number of nitrogens with one attached hydrogen (secondary N) is 1. The third-order valence-corrected chi connectivity index (χ3v) is 7.35. The Labute approximate surface area is 217 Å². The van der Waals surface area contributed by atoms with E-state index in [1.165, 1.54) is 11.1 Å². The van der Waals surface area contributed by atoms with Crippen molar-refractivity contribution in [2.75, 3.05) is 13.2 Å². The van der Waals surface area contributed by atoms with E-state index in [1.807, 2.05) is 43.7 Å². The number of ether oxygens (including phenoxy) is 2. The van der Waals surface area contributed by atoms with Crippen LogP contribution in [-0.4, -0.2) is 33.9 Å². The van der Waals surface area contributed by atoms with Crippen LogP contribution < -0.4 is 14.8 Å². The van der Waals surface area contributed by atoms with Gasteiger partial charge in [0.2, 0.25) is 5.91 Å². The van der Waals surface area contributed by atoms with E-state index in [0.717, 1.165) is 56.3 Å². The second-order valence-corrected chi connectivity index (χ2v) is 9.96. The zero-order chi connectivity index (χ0) is 26.3. The fourth-order valence-corrected chi connectivity index (χ4v) is 5.08. The summed E-state index contributed by atoms with van der Waals surface area (Å²) >= 11 is 0. The summed E-state index contributed by atoms with van der Waals surface area (Å²) in [6, 6.07) is 12.0. The number of fused-ring (bicyclic) bond motifs is 2. The SMILES string of the molecule is Cc1ccc(-n2nc(C)c3c(C)c(CCC(=O)N[C@H](C)c4ccc5c(c4)OCCO5)c(C)nc32)cc1C. The summed E-state index contributed by atoms with van der Waals surface area (Å²) in [5, 5.41) is 9.01. The van der Waals surface area contributed by atoms with Crippen LogP contribution in [0.25, 0.3) is 16.7 Å². The molecule has 1 aliphatic rings. The second-order valence-electron chi connectivity index (χ2n) is 9.96. The molecular formula is C30H34N4O3. The van der Waals surface area contributed by atoms with Crippen LogP contribution in [0.1, 0.15) is 58.6 Å². The molecule has 0 aliphatic carbocycles. The lowest BCUT2D eigenvalue weighted by atomic mass is 9.99. The number of benzene rings is 2. The highest BCUT2D eigenvalue weighted by Crippen LogP contribution is 2.33. The third kappa shape index (κ3) is 4.78. The average molecular weight is 499 g/mol. The lowest BCUT2D eigenvalue weighted by molar-refractivity contribution is -0.121. The molecule has 0 saturated carbocycles. The van der Waals surface area contributed by atoms with E-state index in [0.29, 0.717) is 26.1 Å².